The van der Waals surface area contributed by atoms with Gasteiger partial charge in [0.15, 0.2) is 0 Å². The first-order valence-electron chi connectivity index (χ1n) is 8.77. The van der Waals surface area contributed by atoms with Gasteiger partial charge in [-0.15, -0.1) is 0 Å². The number of amides is 1. The van der Waals surface area contributed by atoms with Gasteiger partial charge in [-0.25, -0.2) is 0 Å². The summed E-state index contributed by atoms with van der Waals surface area (Å²) in [5.74, 6) is -0.338. The first-order valence-corrected chi connectivity index (χ1v) is 8.77. The molecular formula is C20H25N3O4. The van der Waals surface area contributed by atoms with Crippen molar-refractivity contribution in [3.63, 3.8) is 0 Å². The molecule has 1 N–H and O–H groups in total. The molecule has 7 heteroatoms. The summed E-state index contributed by atoms with van der Waals surface area (Å²) < 4.78 is 5.73. The molecule has 0 aliphatic heterocycles. The molecule has 0 bridgehead atoms. The number of nitro benzene ring substituents is 1. The second-order valence-electron chi connectivity index (χ2n) is 6.55. The van der Waals surface area contributed by atoms with Crippen molar-refractivity contribution >= 4 is 11.6 Å². The molecule has 0 aliphatic carbocycles. The fourth-order valence-corrected chi connectivity index (χ4v) is 2.64. The van der Waals surface area contributed by atoms with E-state index in [4.69, 9.17) is 4.74 Å². The van der Waals surface area contributed by atoms with Gasteiger partial charge in [-0.2, -0.15) is 0 Å². The Bertz CT molecular complexity index is 791. The topological polar surface area (TPSA) is 84.7 Å². The largest absolute Gasteiger partial charge is 0.482 e. The maximum atomic E-state index is 12.5. The molecule has 0 aromatic heterocycles. The summed E-state index contributed by atoms with van der Waals surface area (Å²) in [6.07, 6.45) is 0.760. The van der Waals surface area contributed by atoms with Gasteiger partial charge in [0, 0.05) is 6.54 Å². The van der Waals surface area contributed by atoms with Crippen LogP contribution in [0.5, 0.6) is 5.75 Å². The summed E-state index contributed by atoms with van der Waals surface area (Å²) in [6, 6.07) is 12.5. The van der Waals surface area contributed by atoms with Crippen LogP contribution < -0.4 is 10.1 Å². The predicted molar refractivity (Wildman–Crippen MR) is 104 cm³/mol. The lowest BCUT2D eigenvalue weighted by Crippen LogP contribution is -2.27. The Balaban J connectivity index is 2.20. The van der Waals surface area contributed by atoms with Crippen LogP contribution >= 0.6 is 0 Å². The highest BCUT2D eigenvalue weighted by atomic mass is 16.6. The highest BCUT2D eigenvalue weighted by molar-refractivity contribution is 5.99. The zero-order valence-corrected chi connectivity index (χ0v) is 15.9. The maximum absolute atomic E-state index is 12.5. The van der Waals surface area contributed by atoms with Gasteiger partial charge in [0.1, 0.15) is 12.2 Å². The molecule has 2 rings (SSSR count). The van der Waals surface area contributed by atoms with E-state index in [9.17, 15) is 14.9 Å². The fraction of sp³-hybridized carbons (Fsp3) is 0.350. The van der Waals surface area contributed by atoms with E-state index in [1.54, 1.807) is 13.0 Å². The lowest BCUT2D eigenvalue weighted by atomic mass is 10.1. The Hall–Kier alpha value is -2.93. The third-order valence-corrected chi connectivity index (χ3v) is 4.05. The Labute approximate surface area is 159 Å². The molecule has 7 nitrogen and oxygen atoms in total. The van der Waals surface area contributed by atoms with Gasteiger partial charge >= 0.3 is 5.69 Å². The molecule has 0 atom stereocenters. The van der Waals surface area contributed by atoms with Crippen LogP contribution in [-0.4, -0.2) is 42.9 Å². The van der Waals surface area contributed by atoms with Crippen molar-refractivity contribution in [3.05, 3.63) is 69.3 Å². The zero-order valence-electron chi connectivity index (χ0n) is 15.9. The van der Waals surface area contributed by atoms with Gasteiger partial charge < -0.3 is 15.0 Å². The number of nitro groups is 1. The van der Waals surface area contributed by atoms with Crippen LogP contribution in [0.2, 0.25) is 0 Å². The molecule has 0 saturated heterocycles. The molecule has 0 spiro atoms. The molecule has 0 heterocycles. The standard InChI is InChI=1S/C20H25N3O4/c1-15-10-11-17(20(24)21-12-7-13-22(2)3)18(23(25)26)19(15)27-14-16-8-5-4-6-9-16/h4-6,8-11H,7,12-14H2,1-3H3,(H,21,24). The van der Waals surface area contributed by atoms with Gasteiger partial charge in [-0.1, -0.05) is 36.4 Å². The van der Waals surface area contributed by atoms with Crippen molar-refractivity contribution in [2.24, 2.45) is 0 Å². The van der Waals surface area contributed by atoms with Crippen molar-refractivity contribution in [1.29, 1.82) is 0 Å². The van der Waals surface area contributed by atoms with Crippen LogP contribution in [0.25, 0.3) is 0 Å². The average Bonchev–Trinajstić information content (AvgIpc) is 2.64. The van der Waals surface area contributed by atoms with Crippen molar-refractivity contribution < 1.29 is 14.5 Å². The fourth-order valence-electron chi connectivity index (χ4n) is 2.64. The SMILES string of the molecule is Cc1ccc(C(=O)NCCCN(C)C)c([N+](=O)[O-])c1OCc1ccccc1. The molecule has 0 fully saturated rings. The normalized spacial score (nSPS) is 10.7. The monoisotopic (exact) mass is 371 g/mol. The van der Waals surface area contributed by atoms with Gasteiger partial charge in [0.25, 0.3) is 5.91 Å². The molecule has 2 aromatic rings. The van der Waals surface area contributed by atoms with E-state index in [1.807, 2.05) is 49.3 Å². The molecule has 0 aliphatic rings. The molecule has 0 radical (unpaired) electrons. The number of aryl methyl sites for hydroxylation is 1. The van der Waals surface area contributed by atoms with Crippen molar-refractivity contribution in [2.45, 2.75) is 20.0 Å². The van der Waals surface area contributed by atoms with Crippen LogP contribution in [0.1, 0.15) is 27.9 Å². The summed E-state index contributed by atoms with van der Waals surface area (Å²) in [7, 11) is 3.89. The van der Waals surface area contributed by atoms with Gasteiger partial charge in [0.05, 0.1) is 4.92 Å². The number of ether oxygens (including phenoxy) is 1. The number of rotatable bonds is 9. The minimum Gasteiger partial charge on any atom is -0.482 e. The minimum absolute atomic E-state index is 0.0125. The minimum atomic E-state index is -0.554. The molecule has 0 saturated carbocycles. The zero-order chi connectivity index (χ0) is 19.8. The van der Waals surface area contributed by atoms with Crippen LogP contribution in [0, 0.1) is 17.0 Å². The quantitative estimate of drug-likeness (QED) is 0.416. The second kappa shape index (κ2) is 9.68. The van der Waals surface area contributed by atoms with E-state index in [0.29, 0.717) is 12.1 Å². The lowest BCUT2D eigenvalue weighted by Gasteiger charge is -2.13. The number of carbonyl (C=O) groups is 1. The summed E-state index contributed by atoms with van der Waals surface area (Å²) in [4.78, 5) is 25.6. The highest BCUT2D eigenvalue weighted by Gasteiger charge is 2.27. The summed E-state index contributed by atoms with van der Waals surface area (Å²) in [6.45, 7) is 3.19. The molecule has 27 heavy (non-hydrogen) atoms. The number of nitrogens with zero attached hydrogens (tertiary/aromatic N) is 2. The van der Waals surface area contributed by atoms with E-state index in [-0.39, 0.29) is 23.6 Å². The van der Waals surface area contributed by atoms with Crippen LogP contribution in [-0.2, 0) is 6.61 Å². The van der Waals surface area contributed by atoms with Crippen molar-refractivity contribution in [1.82, 2.24) is 10.2 Å². The number of benzene rings is 2. The Kier molecular flexibility index (Phi) is 7.31. The number of hydrogen-bond acceptors (Lipinski definition) is 5. The van der Waals surface area contributed by atoms with Crippen LogP contribution in [0.15, 0.2) is 42.5 Å². The van der Waals surface area contributed by atoms with Gasteiger partial charge in [-0.05, 0) is 51.2 Å². The summed E-state index contributed by atoms with van der Waals surface area (Å²) in [5, 5.41) is 14.4. The third-order valence-electron chi connectivity index (χ3n) is 4.05. The van der Waals surface area contributed by atoms with Gasteiger partial charge in [0.2, 0.25) is 5.75 Å². The molecular weight excluding hydrogens is 346 g/mol. The average molecular weight is 371 g/mol. The Morgan fingerprint density at radius 2 is 1.89 bits per heavy atom. The van der Waals surface area contributed by atoms with E-state index in [0.717, 1.165) is 18.5 Å². The van der Waals surface area contributed by atoms with E-state index in [1.165, 1.54) is 6.07 Å². The predicted octanol–water partition coefficient (Wildman–Crippen LogP) is 3.16. The molecule has 0 unspecified atom stereocenters. The summed E-state index contributed by atoms with van der Waals surface area (Å²) >= 11 is 0. The lowest BCUT2D eigenvalue weighted by molar-refractivity contribution is -0.386. The van der Waals surface area contributed by atoms with E-state index in [2.05, 4.69) is 5.32 Å². The number of hydrogen-bond donors (Lipinski definition) is 1. The van der Waals surface area contributed by atoms with Crippen molar-refractivity contribution in [3.8, 4) is 5.75 Å². The van der Waals surface area contributed by atoms with E-state index >= 15 is 0 Å². The third kappa shape index (κ3) is 5.79. The van der Waals surface area contributed by atoms with Crippen LogP contribution in [0.4, 0.5) is 5.69 Å². The highest BCUT2D eigenvalue weighted by Crippen LogP contribution is 2.35. The maximum Gasteiger partial charge on any atom is 0.323 e. The first-order chi connectivity index (χ1) is 12.9. The molecule has 2 aromatic carbocycles. The van der Waals surface area contributed by atoms with Crippen LogP contribution in [0.3, 0.4) is 0 Å². The number of carbonyl (C=O) groups excluding carboxylic acids is 1. The second-order valence-corrected chi connectivity index (χ2v) is 6.55. The molecule has 144 valence electrons. The van der Waals surface area contributed by atoms with E-state index < -0.39 is 10.8 Å². The summed E-state index contributed by atoms with van der Waals surface area (Å²) in [5.41, 5.74) is 1.22. The Morgan fingerprint density at radius 3 is 2.52 bits per heavy atom. The van der Waals surface area contributed by atoms with Crippen molar-refractivity contribution in [2.75, 3.05) is 27.2 Å². The first kappa shape index (κ1) is 20.4. The smallest absolute Gasteiger partial charge is 0.323 e. The Morgan fingerprint density at radius 1 is 1.19 bits per heavy atom. The van der Waals surface area contributed by atoms with Gasteiger partial charge in [-0.3, -0.25) is 14.9 Å². The molecule has 1 amide bonds. The number of nitrogens with one attached hydrogen (secondary N) is 1.